The van der Waals surface area contributed by atoms with Crippen molar-refractivity contribution < 1.29 is 15.0 Å². The van der Waals surface area contributed by atoms with Crippen molar-refractivity contribution in [3.8, 4) is 0 Å². The Hall–Kier alpha value is -1.19. The SMILES string of the molecule is O=C1C=CC(C=CCO)C=C1CO. The summed E-state index contributed by atoms with van der Waals surface area (Å²) >= 11 is 0. The van der Waals surface area contributed by atoms with Gasteiger partial charge in [-0.2, -0.15) is 0 Å². The molecule has 70 valence electrons. The Morgan fingerprint density at radius 1 is 1.46 bits per heavy atom. The van der Waals surface area contributed by atoms with E-state index in [-0.39, 0.29) is 24.9 Å². The van der Waals surface area contributed by atoms with Crippen LogP contribution in [0.3, 0.4) is 0 Å². The van der Waals surface area contributed by atoms with Crippen molar-refractivity contribution in [2.45, 2.75) is 0 Å². The number of ketones is 1. The molecular formula is C10H12O3. The molecule has 0 heterocycles. The minimum atomic E-state index is -0.230. The Balaban J connectivity index is 2.70. The second kappa shape index (κ2) is 4.74. The van der Waals surface area contributed by atoms with Crippen LogP contribution in [0.5, 0.6) is 0 Å². The minimum absolute atomic E-state index is 0.00648. The highest BCUT2D eigenvalue weighted by atomic mass is 16.3. The van der Waals surface area contributed by atoms with E-state index < -0.39 is 0 Å². The van der Waals surface area contributed by atoms with Gasteiger partial charge in [0.05, 0.1) is 13.2 Å². The van der Waals surface area contributed by atoms with E-state index in [1.54, 1.807) is 24.3 Å². The molecule has 0 aromatic rings. The zero-order valence-electron chi connectivity index (χ0n) is 7.18. The molecule has 0 bridgehead atoms. The van der Waals surface area contributed by atoms with Gasteiger partial charge in [-0.3, -0.25) is 4.79 Å². The number of carbonyl (C=O) groups excluding carboxylic acids is 1. The fraction of sp³-hybridized carbons (Fsp3) is 0.300. The Kier molecular flexibility index (Phi) is 3.61. The fourth-order valence-electron chi connectivity index (χ4n) is 1.14. The van der Waals surface area contributed by atoms with Gasteiger partial charge >= 0.3 is 0 Å². The van der Waals surface area contributed by atoms with E-state index >= 15 is 0 Å². The summed E-state index contributed by atoms with van der Waals surface area (Å²) in [7, 11) is 0. The lowest BCUT2D eigenvalue weighted by atomic mass is 9.96. The van der Waals surface area contributed by atoms with Crippen LogP contribution in [-0.4, -0.2) is 29.2 Å². The monoisotopic (exact) mass is 180 g/mol. The first-order valence-electron chi connectivity index (χ1n) is 4.09. The number of carbonyl (C=O) groups is 1. The molecule has 0 fully saturated rings. The Morgan fingerprint density at radius 2 is 2.23 bits per heavy atom. The number of aliphatic hydroxyl groups is 2. The summed E-state index contributed by atoms with van der Waals surface area (Å²) in [6.45, 7) is -0.243. The lowest BCUT2D eigenvalue weighted by molar-refractivity contribution is -0.111. The summed E-state index contributed by atoms with van der Waals surface area (Å²) in [6, 6.07) is 0. The average Bonchev–Trinajstić information content (AvgIpc) is 2.16. The van der Waals surface area contributed by atoms with Crippen molar-refractivity contribution in [2.24, 2.45) is 5.92 Å². The molecule has 1 aliphatic rings. The van der Waals surface area contributed by atoms with Gasteiger partial charge in [0, 0.05) is 11.5 Å². The van der Waals surface area contributed by atoms with Crippen LogP contribution in [0.2, 0.25) is 0 Å². The van der Waals surface area contributed by atoms with E-state index in [0.29, 0.717) is 5.57 Å². The van der Waals surface area contributed by atoms with Gasteiger partial charge in [0.15, 0.2) is 5.78 Å². The van der Waals surface area contributed by atoms with Gasteiger partial charge in [0.2, 0.25) is 0 Å². The summed E-state index contributed by atoms with van der Waals surface area (Å²) in [6.07, 6.45) is 8.25. The third-order valence-corrected chi connectivity index (χ3v) is 1.81. The van der Waals surface area contributed by atoms with Crippen molar-refractivity contribution in [3.05, 3.63) is 36.0 Å². The molecule has 0 aromatic carbocycles. The molecule has 1 rings (SSSR count). The van der Waals surface area contributed by atoms with Gasteiger partial charge in [-0.25, -0.2) is 0 Å². The normalized spacial score (nSPS) is 22.5. The third kappa shape index (κ3) is 2.65. The van der Waals surface area contributed by atoms with Gasteiger partial charge in [-0.05, 0) is 6.08 Å². The van der Waals surface area contributed by atoms with E-state index in [1.807, 2.05) is 0 Å². The molecule has 2 N–H and O–H groups in total. The lowest BCUT2D eigenvalue weighted by Crippen LogP contribution is -2.09. The van der Waals surface area contributed by atoms with Crippen LogP contribution in [0.4, 0.5) is 0 Å². The largest absolute Gasteiger partial charge is 0.392 e. The molecule has 13 heavy (non-hydrogen) atoms. The number of hydrogen-bond acceptors (Lipinski definition) is 3. The first kappa shape index (κ1) is 9.89. The van der Waals surface area contributed by atoms with Gasteiger partial charge in [0.1, 0.15) is 0 Å². The van der Waals surface area contributed by atoms with Gasteiger partial charge < -0.3 is 10.2 Å². The molecule has 0 spiro atoms. The van der Waals surface area contributed by atoms with Gasteiger partial charge in [-0.15, -0.1) is 0 Å². The molecule has 3 heteroatoms. The topological polar surface area (TPSA) is 57.5 Å². The highest BCUT2D eigenvalue weighted by molar-refractivity contribution is 6.05. The number of rotatable bonds is 3. The molecule has 0 amide bonds. The lowest BCUT2D eigenvalue weighted by Gasteiger charge is -2.09. The van der Waals surface area contributed by atoms with Crippen LogP contribution in [0, 0.1) is 5.92 Å². The summed E-state index contributed by atoms with van der Waals surface area (Å²) in [5, 5.41) is 17.3. The molecule has 0 saturated heterocycles. The molecule has 0 aliphatic heterocycles. The van der Waals surface area contributed by atoms with E-state index in [0.717, 1.165) is 0 Å². The minimum Gasteiger partial charge on any atom is -0.392 e. The molecule has 3 nitrogen and oxygen atoms in total. The molecule has 0 aromatic heterocycles. The second-order valence-corrected chi connectivity index (χ2v) is 2.76. The molecule has 0 radical (unpaired) electrons. The van der Waals surface area contributed by atoms with Crippen molar-refractivity contribution in [3.63, 3.8) is 0 Å². The molecule has 1 unspecified atom stereocenters. The summed E-state index contributed by atoms with van der Waals surface area (Å²) in [5.74, 6) is -0.136. The maximum atomic E-state index is 11.1. The summed E-state index contributed by atoms with van der Waals surface area (Å²) in [4.78, 5) is 11.1. The molecule has 1 atom stereocenters. The Labute approximate surface area is 76.7 Å². The van der Waals surface area contributed by atoms with Crippen molar-refractivity contribution in [1.82, 2.24) is 0 Å². The fourth-order valence-corrected chi connectivity index (χ4v) is 1.14. The van der Waals surface area contributed by atoms with E-state index in [4.69, 9.17) is 10.2 Å². The van der Waals surface area contributed by atoms with E-state index in [2.05, 4.69) is 0 Å². The quantitative estimate of drug-likeness (QED) is 0.610. The predicted molar refractivity (Wildman–Crippen MR) is 49.0 cm³/mol. The van der Waals surface area contributed by atoms with E-state index in [1.165, 1.54) is 6.08 Å². The highest BCUT2D eigenvalue weighted by Crippen LogP contribution is 2.14. The predicted octanol–water partition coefficient (Wildman–Crippen LogP) is 0.209. The maximum absolute atomic E-state index is 11.1. The van der Waals surface area contributed by atoms with Crippen LogP contribution in [0.1, 0.15) is 0 Å². The zero-order valence-corrected chi connectivity index (χ0v) is 7.18. The molecular weight excluding hydrogens is 168 g/mol. The van der Waals surface area contributed by atoms with Gasteiger partial charge in [-0.1, -0.05) is 24.3 Å². The van der Waals surface area contributed by atoms with Crippen LogP contribution < -0.4 is 0 Å². The maximum Gasteiger partial charge on any atom is 0.183 e. The highest BCUT2D eigenvalue weighted by Gasteiger charge is 2.11. The number of aliphatic hydroxyl groups excluding tert-OH is 2. The van der Waals surface area contributed by atoms with Crippen molar-refractivity contribution >= 4 is 5.78 Å². The second-order valence-electron chi connectivity index (χ2n) is 2.76. The van der Waals surface area contributed by atoms with Crippen LogP contribution in [-0.2, 0) is 4.79 Å². The van der Waals surface area contributed by atoms with Crippen LogP contribution in [0.25, 0.3) is 0 Å². The molecule has 1 aliphatic carbocycles. The first-order valence-corrected chi connectivity index (χ1v) is 4.09. The van der Waals surface area contributed by atoms with Crippen molar-refractivity contribution in [1.29, 1.82) is 0 Å². The van der Waals surface area contributed by atoms with Crippen LogP contribution >= 0.6 is 0 Å². The number of allylic oxidation sites excluding steroid dienone is 4. The zero-order chi connectivity index (χ0) is 9.68. The van der Waals surface area contributed by atoms with E-state index in [9.17, 15) is 4.79 Å². The third-order valence-electron chi connectivity index (χ3n) is 1.81. The van der Waals surface area contributed by atoms with Crippen LogP contribution in [0.15, 0.2) is 36.0 Å². The van der Waals surface area contributed by atoms with Crippen molar-refractivity contribution in [2.75, 3.05) is 13.2 Å². The summed E-state index contributed by atoms with van der Waals surface area (Å²) in [5.41, 5.74) is 0.412. The summed E-state index contributed by atoms with van der Waals surface area (Å²) < 4.78 is 0. The first-order chi connectivity index (χ1) is 6.27. The average molecular weight is 180 g/mol. The Morgan fingerprint density at radius 3 is 2.85 bits per heavy atom. The Bertz CT molecular complexity index is 274. The standard InChI is InChI=1S/C10H12O3/c11-5-1-2-8-3-4-10(13)9(6-8)7-12/h1-4,6,8,11-12H,5,7H2. The smallest absolute Gasteiger partial charge is 0.183 e. The van der Waals surface area contributed by atoms with Gasteiger partial charge in [0.25, 0.3) is 0 Å². The molecule has 0 saturated carbocycles. The number of hydrogen-bond donors (Lipinski definition) is 2.